The highest BCUT2D eigenvalue weighted by Gasteiger charge is 2.30. The molecule has 0 radical (unpaired) electrons. The number of hydrogen-bond donors (Lipinski definition) is 2. The molecular weight excluding hydrogens is 453 g/mol. The summed E-state index contributed by atoms with van der Waals surface area (Å²) in [6.45, 7) is 6.95. The van der Waals surface area contributed by atoms with Crippen LogP contribution in [0.3, 0.4) is 0 Å². The Hall–Kier alpha value is -3.34. The zero-order valence-corrected chi connectivity index (χ0v) is 20.0. The van der Waals surface area contributed by atoms with E-state index >= 15 is 0 Å². The van der Waals surface area contributed by atoms with Gasteiger partial charge in [-0.1, -0.05) is 0 Å². The Morgan fingerprint density at radius 3 is 2.27 bits per heavy atom. The van der Waals surface area contributed by atoms with E-state index in [1.807, 2.05) is 0 Å². The first-order chi connectivity index (χ1) is 15.3. The number of nitrogens with zero attached hydrogens (tertiary/aromatic N) is 1. The molecular formula is C22H28FN3O6S. The molecule has 1 heterocycles. The van der Waals surface area contributed by atoms with Crippen LogP contribution in [-0.4, -0.2) is 46.2 Å². The van der Waals surface area contributed by atoms with Crippen molar-refractivity contribution in [3.63, 3.8) is 0 Å². The molecule has 0 spiro atoms. The van der Waals surface area contributed by atoms with Crippen LogP contribution < -0.4 is 19.7 Å². The van der Waals surface area contributed by atoms with Crippen LogP contribution >= 0.6 is 0 Å². The quantitative estimate of drug-likeness (QED) is 0.694. The largest absolute Gasteiger partial charge is 0.489 e. The summed E-state index contributed by atoms with van der Waals surface area (Å²) in [6, 6.07) is 9.28. The molecule has 0 unspecified atom stereocenters. The molecule has 1 aliphatic heterocycles. The fourth-order valence-electron chi connectivity index (χ4n) is 2.68. The van der Waals surface area contributed by atoms with Crippen molar-refractivity contribution in [2.24, 2.45) is 0 Å². The van der Waals surface area contributed by atoms with Gasteiger partial charge in [0.25, 0.3) is 10.0 Å². The molecule has 0 aliphatic carbocycles. The first-order valence-corrected chi connectivity index (χ1v) is 11.5. The predicted molar refractivity (Wildman–Crippen MR) is 122 cm³/mol. The summed E-state index contributed by atoms with van der Waals surface area (Å²) in [4.78, 5) is 21.7. The van der Waals surface area contributed by atoms with Crippen molar-refractivity contribution in [3.05, 3.63) is 48.3 Å². The number of sulfonamides is 1. The smallest absolute Gasteiger partial charge is 0.412 e. The first kappa shape index (κ1) is 25.9. The maximum absolute atomic E-state index is 13.2. The monoisotopic (exact) mass is 481 g/mol. The van der Waals surface area contributed by atoms with Gasteiger partial charge in [0.15, 0.2) is 0 Å². The molecule has 0 atom stereocenters. The van der Waals surface area contributed by atoms with Crippen LogP contribution in [0.5, 0.6) is 5.75 Å². The van der Waals surface area contributed by atoms with Crippen molar-refractivity contribution < 1.29 is 31.9 Å². The zero-order chi connectivity index (χ0) is 24.8. The Morgan fingerprint density at radius 2 is 1.73 bits per heavy atom. The van der Waals surface area contributed by atoms with Crippen LogP contribution in [0.4, 0.5) is 20.6 Å². The maximum Gasteiger partial charge on any atom is 0.412 e. The average Bonchev–Trinajstić information content (AvgIpc) is 2.72. The van der Waals surface area contributed by atoms with Gasteiger partial charge in [0, 0.05) is 19.7 Å². The minimum absolute atomic E-state index is 0.00463. The average molecular weight is 482 g/mol. The second-order valence-electron chi connectivity index (χ2n) is 8.00. The number of benzene rings is 2. The second-order valence-corrected chi connectivity index (χ2v) is 9.86. The van der Waals surface area contributed by atoms with Gasteiger partial charge in [0.1, 0.15) is 23.8 Å². The standard InChI is InChI=1S/C19H21FN2O5S.C3H7NO/c1-19(2,3)27-18(23)21-14-6-9-17-16(12-14)22(10-11-26-17)28(24,25)15-7-4-13(20)5-8-15;1-3(5)4-2/h4-9,12H,10-11H2,1-3H3,(H,21,23);1-2H3,(H,4,5). The van der Waals surface area contributed by atoms with Gasteiger partial charge in [0.05, 0.1) is 17.1 Å². The summed E-state index contributed by atoms with van der Waals surface area (Å²) in [6.07, 6.45) is -0.655. The molecule has 2 amide bonds. The van der Waals surface area contributed by atoms with Crippen molar-refractivity contribution in [1.29, 1.82) is 0 Å². The minimum Gasteiger partial charge on any atom is -0.489 e. The van der Waals surface area contributed by atoms with Crippen LogP contribution in [0.25, 0.3) is 0 Å². The van der Waals surface area contributed by atoms with Crippen molar-refractivity contribution in [1.82, 2.24) is 5.32 Å². The number of ether oxygens (including phenoxy) is 2. The van der Waals surface area contributed by atoms with Crippen LogP contribution in [-0.2, 0) is 19.6 Å². The Bertz CT molecular complexity index is 1100. The molecule has 0 aromatic heterocycles. The summed E-state index contributed by atoms with van der Waals surface area (Å²) in [5, 5.41) is 4.97. The zero-order valence-electron chi connectivity index (χ0n) is 19.1. The van der Waals surface area contributed by atoms with Crippen LogP contribution in [0.1, 0.15) is 27.7 Å². The second kappa shape index (κ2) is 10.5. The van der Waals surface area contributed by atoms with Crippen LogP contribution in [0.15, 0.2) is 47.4 Å². The summed E-state index contributed by atoms with van der Waals surface area (Å²) in [7, 11) is -2.32. The molecule has 180 valence electrons. The van der Waals surface area contributed by atoms with Crippen molar-refractivity contribution in [2.45, 2.75) is 38.2 Å². The Kier molecular flexibility index (Phi) is 8.26. The SMILES string of the molecule is CC(C)(C)OC(=O)Nc1ccc2c(c1)N(S(=O)(=O)c1ccc(F)cc1)CCO2.CNC(C)=O. The number of amides is 2. The molecule has 1 aliphatic rings. The number of nitrogens with one attached hydrogen (secondary N) is 2. The lowest BCUT2D eigenvalue weighted by Gasteiger charge is -2.31. The van der Waals surface area contributed by atoms with E-state index in [0.29, 0.717) is 11.4 Å². The number of rotatable bonds is 3. The maximum atomic E-state index is 13.2. The van der Waals surface area contributed by atoms with E-state index in [1.165, 1.54) is 29.4 Å². The predicted octanol–water partition coefficient (Wildman–Crippen LogP) is 3.51. The van der Waals surface area contributed by atoms with E-state index in [0.717, 1.165) is 12.1 Å². The van der Waals surface area contributed by atoms with E-state index in [9.17, 15) is 22.4 Å². The van der Waals surface area contributed by atoms with E-state index < -0.39 is 27.5 Å². The van der Waals surface area contributed by atoms with E-state index in [2.05, 4.69) is 10.6 Å². The van der Waals surface area contributed by atoms with Crippen LogP contribution in [0, 0.1) is 5.82 Å². The lowest BCUT2D eigenvalue weighted by atomic mass is 10.2. The molecule has 0 fully saturated rings. The van der Waals surface area contributed by atoms with Crippen molar-refractivity contribution >= 4 is 33.4 Å². The van der Waals surface area contributed by atoms with Gasteiger partial charge in [-0.15, -0.1) is 0 Å². The van der Waals surface area contributed by atoms with E-state index in [4.69, 9.17) is 9.47 Å². The van der Waals surface area contributed by atoms with Gasteiger partial charge in [-0.3, -0.25) is 14.4 Å². The minimum atomic E-state index is -3.92. The number of halogens is 1. The van der Waals surface area contributed by atoms with Gasteiger partial charge in [-0.05, 0) is 63.2 Å². The molecule has 11 heteroatoms. The molecule has 9 nitrogen and oxygen atoms in total. The number of carbonyl (C=O) groups excluding carboxylic acids is 2. The fourth-order valence-corrected chi connectivity index (χ4v) is 4.13. The third-order valence-electron chi connectivity index (χ3n) is 4.18. The molecule has 2 aromatic carbocycles. The van der Waals surface area contributed by atoms with Gasteiger partial charge < -0.3 is 14.8 Å². The molecule has 0 saturated carbocycles. The highest BCUT2D eigenvalue weighted by Crippen LogP contribution is 2.37. The molecule has 0 bridgehead atoms. The molecule has 3 rings (SSSR count). The third kappa shape index (κ3) is 7.35. The van der Waals surface area contributed by atoms with Crippen LogP contribution in [0.2, 0.25) is 0 Å². The molecule has 2 N–H and O–H groups in total. The summed E-state index contributed by atoms with van der Waals surface area (Å²) in [5.74, 6) is -0.151. The molecule has 2 aromatic rings. The van der Waals surface area contributed by atoms with Crippen molar-refractivity contribution in [3.8, 4) is 5.75 Å². The van der Waals surface area contributed by atoms with Gasteiger partial charge in [0.2, 0.25) is 5.91 Å². The summed E-state index contributed by atoms with van der Waals surface area (Å²) < 4.78 is 51.1. The number of hydrogen-bond acceptors (Lipinski definition) is 6. The summed E-state index contributed by atoms with van der Waals surface area (Å²) in [5.41, 5.74) is -0.0266. The van der Waals surface area contributed by atoms with Crippen molar-refractivity contribution in [2.75, 3.05) is 29.8 Å². The lowest BCUT2D eigenvalue weighted by molar-refractivity contribution is -0.118. The Labute approximate surface area is 192 Å². The van der Waals surface area contributed by atoms with E-state index in [-0.39, 0.29) is 29.6 Å². The number of anilines is 2. The first-order valence-electron chi connectivity index (χ1n) is 10.1. The topological polar surface area (TPSA) is 114 Å². The summed E-state index contributed by atoms with van der Waals surface area (Å²) >= 11 is 0. The van der Waals surface area contributed by atoms with E-state index in [1.54, 1.807) is 40.0 Å². The number of fused-ring (bicyclic) bond motifs is 1. The highest BCUT2D eigenvalue weighted by molar-refractivity contribution is 7.92. The third-order valence-corrected chi connectivity index (χ3v) is 6.01. The van der Waals surface area contributed by atoms with Gasteiger partial charge in [-0.25, -0.2) is 17.6 Å². The number of carbonyl (C=O) groups is 2. The molecule has 33 heavy (non-hydrogen) atoms. The Balaban J connectivity index is 0.000000696. The van der Waals surface area contributed by atoms with Gasteiger partial charge in [-0.2, -0.15) is 0 Å². The highest BCUT2D eigenvalue weighted by atomic mass is 32.2. The fraction of sp³-hybridized carbons (Fsp3) is 0.364. The molecule has 0 saturated heterocycles. The lowest BCUT2D eigenvalue weighted by Crippen LogP contribution is -2.38. The normalized spacial score (nSPS) is 13.0. The Morgan fingerprint density at radius 1 is 1.12 bits per heavy atom. The van der Waals surface area contributed by atoms with Gasteiger partial charge >= 0.3 is 6.09 Å².